The maximum atomic E-state index is 10.6. The number of nitro groups is 1. The Labute approximate surface area is 119 Å². The van der Waals surface area contributed by atoms with Crippen molar-refractivity contribution in [2.45, 2.75) is 57.7 Å². The van der Waals surface area contributed by atoms with Crippen LogP contribution in [0, 0.1) is 10.1 Å². The van der Waals surface area contributed by atoms with Crippen molar-refractivity contribution in [1.82, 2.24) is 10.3 Å². The van der Waals surface area contributed by atoms with Crippen LogP contribution >= 0.6 is 0 Å². The second-order valence-electron chi connectivity index (χ2n) is 6.80. The maximum Gasteiger partial charge on any atom is 0.363 e. The Bertz CT molecular complexity index is 480. The molecular formula is C14H22N4O2. The Morgan fingerprint density at radius 3 is 2.35 bits per heavy atom. The maximum absolute atomic E-state index is 10.6. The van der Waals surface area contributed by atoms with Crippen LogP contribution in [0.3, 0.4) is 0 Å². The van der Waals surface area contributed by atoms with Crippen LogP contribution in [-0.4, -0.2) is 27.0 Å². The highest BCUT2D eigenvalue weighted by Crippen LogP contribution is 2.30. The number of rotatable bonds is 3. The fraction of sp³-hybridized carbons (Fsp3) is 0.643. The fourth-order valence-electron chi connectivity index (χ4n) is 3.24. The Hall–Kier alpha value is -1.69. The molecule has 0 atom stereocenters. The molecule has 0 unspecified atom stereocenters. The van der Waals surface area contributed by atoms with Gasteiger partial charge in [-0.1, -0.05) is 0 Å². The van der Waals surface area contributed by atoms with Gasteiger partial charge >= 0.3 is 5.82 Å². The SMILES string of the molecule is CC1(C)CC(Nc2ccc([N+](=O)[O-])nc2)CC(C)(C)N1. The van der Waals surface area contributed by atoms with Crippen molar-refractivity contribution in [1.29, 1.82) is 0 Å². The summed E-state index contributed by atoms with van der Waals surface area (Å²) >= 11 is 0. The highest BCUT2D eigenvalue weighted by atomic mass is 16.6. The number of hydrogen-bond acceptors (Lipinski definition) is 5. The van der Waals surface area contributed by atoms with Crippen LogP contribution < -0.4 is 10.6 Å². The predicted molar refractivity (Wildman–Crippen MR) is 78.8 cm³/mol. The first-order valence-electron chi connectivity index (χ1n) is 6.83. The summed E-state index contributed by atoms with van der Waals surface area (Å²) in [5.74, 6) is -0.124. The quantitative estimate of drug-likeness (QED) is 0.656. The second-order valence-corrected chi connectivity index (χ2v) is 6.80. The van der Waals surface area contributed by atoms with E-state index in [4.69, 9.17) is 0 Å². The molecule has 0 aliphatic carbocycles. The number of nitrogens with one attached hydrogen (secondary N) is 2. The van der Waals surface area contributed by atoms with E-state index in [1.165, 1.54) is 12.3 Å². The predicted octanol–water partition coefficient (Wildman–Crippen LogP) is 2.71. The van der Waals surface area contributed by atoms with Crippen molar-refractivity contribution in [3.05, 3.63) is 28.4 Å². The van der Waals surface area contributed by atoms with Crippen LogP contribution in [0.1, 0.15) is 40.5 Å². The molecule has 20 heavy (non-hydrogen) atoms. The molecule has 1 aromatic rings. The molecule has 0 radical (unpaired) electrons. The number of anilines is 1. The average Bonchev–Trinajstić information content (AvgIpc) is 2.25. The number of aromatic nitrogens is 1. The smallest absolute Gasteiger partial charge is 0.363 e. The van der Waals surface area contributed by atoms with E-state index in [9.17, 15) is 10.1 Å². The van der Waals surface area contributed by atoms with Crippen LogP contribution in [0.15, 0.2) is 18.3 Å². The third kappa shape index (κ3) is 3.66. The van der Waals surface area contributed by atoms with Crippen LogP contribution in [-0.2, 0) is 0 Å². The number of piperidine rings is 1. The summed E-state index contributed by atoms with van der Waals surface area (Å²) in [6.07, 6.45) is 3.51. The van der Waals surface area contributed by atoms with E-state index in [0.29, 0.717) is 6.04 Å². The lowest BCUT2D eigenvalue weighted by atomic mass is 9.79. The number of pyridine rings is 1. The lowest BCUT2D eigenvalue weighted by molar-refractivity contribution is -0.389. The molecule has 1 aliphatic rings. The van der Waals surface area contributed by atoms with Crippen LogP contribution in [0.4, 0.5) is 11.5 Å². The Morgan fingerprint density at radius 1 is 1.30 bits per heavy atom. The molecule has 110 valence electrons. The Morgan fingerprint density at radius 2 is 1.90 bits per heavy atom. The van der Waals surface area contributed by atoms with E-state index in [-0.39, 0.29) is 16.9 Å². The fourth-order valence-corrected chi connectivity index (χ4v) is 3.24. The summed E-state index contributed by atoms with van der Waals surface area (Å²) < 4.78 is 0. The largest absolute Gasteiger partial charge is 0.379 e. The molecule has 2 heterocycles. The molecular weight excluding hydrogens is 256 g/mol. The summed E-state index contributed by atoms with van der Waals surface area (Å²) in [6.45, 7) is 8.76. The van der Waals surface area contributed by atoms with Crippen molar-refractivity contribution >= 4 is 11.5 Å². The normalized spacial score (nSPS) is 21.4. The van der Waals surface area contributed by atoms with Gasteiger partial charge in [0.2, 0.25) is 0 Å². The Kier molecular flexibility index (Phi) is 3.69. The summed E-state index contributed by atoms with van der Waals surface area (Å²) in [4.78, 5) is 13.9. The van der Waals surface area contributed by atoms with Crippen LogP contribution in [0.5, 0.6) is 0 Å². The molecule has 6 nitrogen and oxygen atoms in total. The van der Waals surface area contributed by atoms with E-state index in [2.05, 4.69) is 43.3 Å². The van der Waals surface area contributed by atoms with Crippen LogP contribution in [0.25, 0.3) is 0 Å². The van der Waals surface area contributed by atoms with Crippen molar-refractivity contribution in [2.24, 2.45) is 0 Å². The molecule has 1 saturated heterocycles. The zero-order valence-electron chi connectivity index (χ0n) is 12.4. The molecule has 2 rings (SSSR count). The van der Waals surface area contributed by atoms with E-state index >= 15 is 0 Å². The van der Waals surface area contributed by atoms with Gasteiger partial charge in [0, 0.05) is 23.2 Å². The number of nitrogens with zero attached hydrogens (tertiary/aromatic N) is 2. The van der Waals surface area contributed by atoms with E-state index in [1.807, 2.05) is 0 Å². The van der Waals surface area contributed by atoms with Gasteiger partial charge < -0.3 is 20.7 Å². The molecule has 0 amide bonds. The first-order chi connectivity index (χ1) is 9.17. The summed E-state index contributed by atoms with van der Waals surface area (Å²) in [5.41, 5.74) is 0.954. The first kappa shape index (κ1) is 14.7. The molecule has 1 aliphatic heterocycles. The molecule has 2 N–H and O–H groups in total. The second kappa shape index (κ2) is 5.01. The van der Waals surface area contributed by atoms with Gasteiger partial charge in [-0.3, -0.25) is 0 Å². The summed E-state index contributed by atoms with van der Waals surface area (Å²) in [7, 11) is 0. The Balaban J connectivity index is 2.07. The van der Waals surface area contributed by atoms with Crippen molar-refractivity contribution in [3.63, 3.8) is 0 Å². The van der Waals surface area contributed by atoms with Crippen LogP contribution in [0.2, 0.25) is 0 Å². The first-order valence-corrected chi connectivity index (χ1v) is 6.83. The zero-order chi connectivity index (χ0) is 15.0. The van der Waals surface area contributed by atoms with Gasteiger partial charge in [-0.25, -0.2) is 0 Å². The highest BCUT2D eigenvalue weighted by molar-refractivity contribution is 5.44. The monoisotopic (exact) mass is 278 g/mol. The topological polar surface area (TPSA) is 80.1 Å². The van der Waals surface area contributed by atoms with Gasteiger partial charge in [-0.05, 0) is 56.5 Å². The molecule has 0 aromatic carbocycles. The molecule has 6 heteroatoms. The third-order valence-electron chi connectivity index (χ3n) is 3.50. The average molecular weight is 278 g/mol. The molecule has 0 spiro atoms. The third-order valence-corrected chi connectivity index (χ3v) is 3.50. The van der Waals surface area contributed by atoms with Crippen molar-refractivity contribution in [3.8, 4) is 0 Å². The van der Waals surface area contributed by atoms with Gasteiger partial charge in [0.05, 0.1) is 5.69 Å². The van der Waals surface area contributed by atoms with E-state index in [0.717, 1.165) is 18.5 Å². The minimum Gasteiger partial charge on any atom is -0.379 e. The minimum absolute atomic E-state index is 0.0631. The van der Waals surface area contributed by atoms with Gasteiger partial charge in [0.25, 0.3) is 0 Å². The van der Waals surface area contributed by atoms with E-state index < -0.39 is 4.92 Å². The van der Waals surface area contributed by atoms with Crippen molar-refractivity contribution < 1.29 is 4.92 Å². The van der Waals surface area contributed by atoms with Gasteiger partial charge in [-0.15, -0.1) is 0 Å². The lowest BCUT2D eigenvalue weighted by Crippen LogP contribution is -2.60. The molecule has 0 saturated carbocycles. The van der Waals surface area contributed by atoms with Crippen molar-refractivity contribution in [2.75, 3.05) is 5.32 Å². The lowest BCUT2D eigenvalue weighted by Gasteiger charge is -2.46. The zero-order valence-corrected chi connectivity index (χ0v) is 12.4. The molecule has 0 bridgehead atoms. The number of hydrogen-bond donors (Lipinski definition) is 2. The molecule has 1 fully saturated rings. The minimum atomic E-state index is -0.486. The van der Waals surface area contributed by atoms with Gasteiger partial charge in [0.1, 0.15) is 0 Å². The highest BCUT2D eigenvalue weighted by Gasteiger charge is 2.37. The standard InChI is InChI=1S/C14H22N4O2/c1-13(2)7-11(8-14(3,4)17-13)16-10-5-6-12(15-9-10)18(19)20/h5-6,9,11,16-17H,7-8H2,1-4H3. The summed E-state index contributed by atoms with van der Waals surface area (Å²) in [5, 5.41) is 17.6. The van der Waals surface area contributed by atoms with Gasteiger partial charge in [-0.2, -0.15) is 0 Å². The molecule has 1 aromatic heterocycles. The van der Waals surface area contributed by atoms with Gasteiger partial charge in [0.15, 0.2) is 6.20 Å². The summed E-state index contributed by atoms with van der Waals surface area (Å²) in [6, 6.07) is 3.47. The van der Waals surface area contributed by atoms with E-state index in [1.54, 1.807) is 6.07 Å².